The number of nitrogens with zero attached hydrogens (tertiary/aromatic N) is 1. The Labute approximate surface area is 85.7 Å². The lowest BCUT2D eigenvalue weighted by Crippen LogP contribution is -2.49. The highest BCUT2D eigenvalue weighted by atomic mass is 16.2. The molecule has 0 aromatic rings. The summed E-state index contributed by atoms with van der Waals surface area (Å²) in [5.74, 6) is -0.0141. The van der Waals surface area contributed by atoms with Crippen molar-refractivity contribution in [2.45, 2.75) is 33.2 Å². The number of carbonyl (C=O) groups excluding carboxylic acids is 2. The summed E-state index contributed by atoms with van der Waals surface area (Å²) in [6.07, 6.45) is 0.871. The van der Waals surface area contributed by atoms with E-state index in [9.17, 15) is 9.59 Å². The molecule has 0 rings (SSSR count). The van der Waals surface area contributed by atoms with Gasteiger partial charge in [0.05, 0.1) is 0 Å². The molecule has 0 aromatic carbocycles. The lowest BCUT2D eigenvalue weighted by molar-refractivity contribution is -0.139. The Bertz CT molecular complexity index is 216. The van der Waals surface area contributed by atoms with Crippen molar-refractivity contribution in [1.29, 1.82) is 0 Å². The second-order valence-corrected chi connectivity index (χ2v) is 3.57. The van der Waals surface area contributed by atoms with Crippen molar-refractivity contribution < 1.29 is 9.59 Å². The van der Waals surface area contributed by atoms with Crippen LogP contribution in [0.4, 0.5) is 0 Å². The maximum absolute atomic E-state index is 11.6. The fourth-order valence-electron chi connectivity index (χ4n) is 1.38. The van der Waals surface area contributed by atoms with Gasteiger partial charge in [-0.2, -0.15) is 0 Å². The van der Waals surface area contributed by atoms with Crippen LogP contribution in [-0.4, -0.2) is 36.9 Å². The summed E-state index contributed by atoms with van der Waals surface area (Å²) in [6, 6.07) is -0.359. The maximum Gasteiger partial charge on any atom is 0.242 e. The van der Waals surface area contributed by atoms with Crippen LogP contribution in [0.25, 0.3) is 0 Å². The minimum absolute atomic E-state index is 0.0844. The van der Waals surface area contributed by atoms with Crippen molar-refractivity contribution in [2.24, 2.45) is 5.92 Å². The molecule has 4 heteroatoms. The van der Waals surface area contributed by atoms with E-state index in [0.717, 1.165) is 6.42 Å². The van der Waals surface area contributed by atoms with Crippen LogP contribution in [0.3, 0.4) is 0 Å². The quantitative estimate of drug-likeness (QED) is 0.723. The first-order valence-corrected chi connectivity index (χ1v) is 4.90. The molecular formula is C10H20N2O2. The van der Waals surface area contributed by atoms with Crippen molar-refractivity contribution in [3.8, 4) is 0 Å². The molecule has 0 saturated heterocycles. The second kappa shape index (κ2) is 5.62. The molecule has 2 unspecified atom stereocenters. The summed E-state index contributed by atoms with van der Waals surface area (Å²) >= 11 is 0. The number of hydrogen-bond donors (Lipinski definition) is 1. The topological polar surface area (TPSA) is 49.4 Å². The third-order valence-corrected chi connectivity index (χ3v) is 2.61. The minimum Gasteiger partial charge on any atom is -0.357 e. The highest BCUT2D eigenvalue weighted by Crippen LogP contribution is 2.13. The number of nitrogens with one attached hydrogen (secondary N) is 1. The molecule has 0 heterocycles. The Balaban J connectivity index is 4.71. The van der Waals surface area contributed by atoms with Gasteiger partial charge >= 0.3 is 0 Å². The van der Waals surface area contributed by atoms with Gasteiger partial charge in [-0.05, 0) is 5.92 Å². The lowest BCUT2D eigenvalue weighted by Gasteiger charge is -2.30. The summed E-state index contributed by atoms with van der Waals surface area (Å²) in [6.45, 7) is 5.45. The largest absolute Gasteiger partial charge is 0.357 e. The summed E-state index contributed by atoms with van der Waals surface area (Å²) in [4.78, 5) is 24.2. The molecule has 0 saturated carbocycles. The first kappa shape index (κ1) is 12.9. The Hall–Kier alpha value is -1.06. The van der Waals surface area contributed by atoms with E-state index in [-0.39, 0.29) is 23.8 Å². The van der Waals surface area contributed by atoms with Gasteiger partial charge in [0.2, 0.25) is 11.8 Å². The van der Waals surface area contributed by atoms with Gasteiger partial charge in [0, 0.05) is 21.0 Å². The van der Waals surface area contributed by atoms with Gasteiger partial charge in [0.25, 0.3) is 0 Å². The van der Waals surface area contributed by atoms with Crippen molar-refractivity contribution >= 4 is 11.8 Å². The SMILES string of the molecule is CCC(C)C(C(=O)NC)N(C)C(C)=O. The van der Waals surface area contributed by atoms with E-state index in [2.05, 4.69) is 5.32 Å². The van der Waals surface area contributed by atoms with Gasteiger partial charge in [0.15, 0.2) is 0 Å². The Kier molecular flexibility index (Phi) is 5.20. The van der Waals surface area contributed by atoms with Crippen LogP contribution in [0.15, 0.2) is 0 Å². The summed E-state index contributed by atoms with van der Waals surface area (Å²) in [5, 5.41) is 2.58. The molecule has 1 N–H and O–H groups in total. The molecule has 4 nitrogen and oxygen atoms in total. The number of likely N-dealkylation sites (N-methyl/N-ethyl adjacent to an activating group) is 2. The molecule has 0 aliphatic carbocycles. The van der Waals surface area contributed by atoms with Gasteiger partial charge < -0.3 is 10.2 Å². The first-order valence-electron chi connectivity index (χ1n) is 4.90. The number of rotatable bonds is 4. The highest BCUT2D eigenvalue weighted by molar-refractivity contribution is 5.86. The van der Waals surface area contributed by atoms with E-state index >= 15 is 0 Å². The minimum atomic E-state index is -0.359. The van der Waals surface area contributed by atoms with Crippen molar-refractivity contribution in [1.82, 2.24) is 10.2 Å². The molecule has 0 aromatic heterocycles. The smallest absolute Gasteiger partial charge is 0.242 e. The van der Waals surface area contributed by atoms with Gasteiger partial charge in [-0.3, -0.25) is 9.59 Å². The zero-order valence-corrected chi connectivity index (χ0v) is 9.63. The van der Waals surface area contributed by atoms with Crippen LogP contribution in [0, 0.1) is 5.92 Å². The van der Waals surface area contributed by atoms with Crippen LogP contribution in [0.1, 0.15) is 27.2 Å². The normalized spacial score (nSPS) is 14.4. The van der Waals surface area contributed by atoms with Crippen molar-refractivity contribution in [3.05, 3.63) is 0 Å². The van der Waals surface area contributed by atoms with Gasteiger partial charge in [0.1, 0.15) is 6.04 Å². The molecule has 0 aliphatic rings. The third-order valence-electron chi connectivity index (χ3n) is 2.61. The van der Waals surface area contributed by atoms with E-state index < -0.39 is 0 Å². The molecule has 0 aliphatic heterocycles. The second-order valence-electron chi connectivity index (χ2n) is 3.57. The molecule has 0 spiro atoms. The van der Waals surface area contributed by atoms with Crippen molar-refractivity contribution in [3.63, 3.8) is 0 Å². The average molecular weight is 200 g/mol. The Morgan fingerprint density at radius 2 is 1.93 bits per heavy atom. The van der Waals surface area contributed by atoms with Crippen molar-refractivity contribution in [2.75, 3.05) is 14.1 Å². The molecule has 14 heavy (non-hydrogen) atoms. The van der Waals surface area contributed by atoms with Crippen LogP contribution < -0.4 is 5.32 Å². The first-order chi connectivity index (χ1) is 6.45. The molecular weight excluding hydrogens is 180 g/mol. The lowest BCUT2D eigenvalue weighted by atomic mass is 9.97. The van der Waals surface area contributed by atoms with Crippen LogP contribution in [0.5, 0.6) is 0 Å². The monoisotopic (exact) mass is 200 g/mol. The predicted octanol–water partition coefficient (Wildman–Crippen LogP) is 0.625. The van der Waals surface area contributed by atoms with E-state index in [1.807, 2.05) is 13.8 Å². The van der Waals surface area contributed by atoms with E-state index in [1.54, 1.807) is 14.1 Å². The third kappa shape index (κ3) is 3.01. The Morgan fingerprint density at radius 1 is 1.43 bits per heavy atom. The highest BCUT2D eigenvalue weighted by Gasteiger charge is 2.28. The number of carbonyl (C=O) groups is 2. The molecule has 0 bridgehead atoms. The standard InChI is InChI=1S/C10H20N2O2/c1-6-7(2)9(10(14)11-4)12(5)8(3)13/h7,9H,6H2,1-5H3,(H,11,14). The number of hydrogen-bond acceptors (Lipinski definition) is 2. The Morgan fingerprint density at radius 3 is 2.21 bits per heavy atom. The van der Waals surface area contributed by atoms with Crippen LogP contribution in [0.2, 0.25) is 0 Å². The molecule has 0 radical (unpaired) electrons. The van der Waals surface area contributed by atoms with Crippen LogP contribution in [-0.2, 0) is 9.59 Å². The zero-order chi connectivity index (χ0) is 11.3. The molecule has 2 atom stereocenters. The van der Waals surface area contributed by atoms with Gasteiger partial charge in [-0.25, -0.2) is 0 Å². The maximum atomic E-state index is 11.6. The molecule has 82 valence electrons. The van der Waals surface area contributed by atoms with E-state index in [4.69, 9.17) is 0 Å². The average Bonchev–Trinajstić information content (AvgIpc) is 2.16. The predicted molar refractivity (Wildman–Crippen MR) is 55.8 cm³/mol. The summed E-state index contributed by atoms with van der Waals surface area (Å²) < 4.78 is 0. The van der Waals surface area contributed by atoms with E-state index in [0.29, 0.717) is 0 Å². The van der Waals surface area contributed by atoms with Gasteiger partial charge in [-0.1, -0.05) is 20.3 Å². The summed E-state index contributed by atoms with van der Waals surface area (Å²) in [7, 11) is 3.25. The fourth-order valence-corrected chi connectivity index (χ4v) is 1.38. The fraction of sp³-hybridized carbons (Fsp3) is 0.800. The molecule has 2 amide bonds. The zero-order valence-electron chi connectivity index (χ0n) is 9.63. The molecule has 0 fully saturated rings. The van der Waals surface area contributed by atoms with Gasteiger partial charge in [-0.15, -0.1) is 0 Å². The number of amides is 2. The van der Waals surface area contributed by atoms with E-state index in [1.165, 1.54) is 11.8 Å². The van der Waals surface area contributed by atoms with Crippen LogP contribution >= 0.6 is 0 Å². The summed E-state index contributed by atoms with van der Waals surface area (Å²) in [5.41, 5.74) is 0.